The van der Waals surface area contributed by atoms with Crippen LogP contribution in [0.5, 0.6) is 11.8 Å². The average Bonchev–Trinajstić information content (AvgIpc) is 3.09. The molecule has 0 radical (unpaired) electrons. The minimum Gasteiger partial charge on any atom is -0.421 e. The Balaban J connectivity index is 1.71. The van der Waals surface area contributed by atoms with Gasteiger partial charge in [0.25, 0.3) is 0 Å². The second-order valence-electron chi connectivity index (χ2n) is 7.30. The molecule has 1 aromatic carbocycles. The van der Waals surface area contributed by atoms with E-state index in [0.717, 1.165) is 0 Å². The molecule has 8 nitrogen and oxygen atoms in total. The molecule has 0 unspecified atom stereocenters. The number of nitrogens with two attached hydrogens (primary N) is 1. The van der Waals surface area contributed by atoms with E-state index in [-0.39, 0.29) is 23.3 Å². The molecule has 5 aromatic rings. The number of rotatable bonds is 4. The zero-order valence-electron chi connectivity index (χ0n) is 17.6. The number of aryl methyl sites for hydroxylation is 2. The summed E-state index contributed by atoms with van der Waals surface area (Å²) in [6.45, 7) is 3.55. The van der Waals surface area contributed by atoms with Gasteiger partial charge in [-0.15, -0.1) is 0 Å². The van der Waals surface area contributed by atoms with Crippen LogP contribution in [0.1, 0.15) is 11.3 Å². The molecule has 0 saturated carbocycles. The van der Waals surface area contributed by atoms with Gasteiger partial charge in [-0.05, 0) is 44.2 Å². The van der Waals surface area contributed by atoms with Crippen LogP contribution in [0.25, 0.3) is 28.1 Å². The first-order chi connectivity index (χ1) is 15.9. The van der Waals surface area contributed by atoms with Gasteiger partial charge in [-0.25, -0.2) is 28.7 Å². The van der Waals surface area contributed by atoms with Crippen molar-refractivity contribution < 1.29 is 13.5 Å². The van der Waals surface area contributed by atoms with Crippen LogP contribution in [0, 0.1) is 25.5 Å². The maximum absolute atomic E-state index is 15.1. The number of anilines is 1. The Morgan fingerprint density at radius 2 is 1.79 bits per heavy atom. The predicted octanol–water partition coefficient (Wildman–Crippen LogP) is 4.54. The predicted molar refractivity (Wildman–Crippen MR) is 118 cm³/mol. The molecular weight excluding hydrogens is 428 g/mol. The molecule has 0 amide bonds. The van der Waals surface area contributed by atoms with E-state index < -0.39 is 11.6 Å². The normalized spacial score (nSPS) is 11.2. The largest absolute Gasteiger partial charge is 0.421 e. The molecule has 0 aliphatic heterocycles. The summed E-state index contributed by atoms with van der Waals surface area (Å²) < 4.78 is 36.9. The van der Waals surface area contributed by atoms with Crippen LogP contribution in [0.2, 0.25) is 0 Å². The molecule has 33 heavy (non-hydrogen) atoms. The summed E-state index contributed by atoms with van der Waals surface area (Å²) in [7, 11) is 0. The standard InChI is InChI=1S/C23H17F2N7O/c1-12-7-9-28-23(31-12)33-17-6-5-14(10-16(17)25)32-20(19-15(24)4-3-8-27-19)13(2)18-21(32)22(26)30-11-29-18/h3-11H,1-2H3,(H2,26,29,30). The van der Waals surface area contributed by atoms with Crippen molar-refractivity contribution in [3.05, 3.63) is 78.0 Å². The summed E-state index contributed by atoms with van der Waals surface area (Å²) in [5.41, 5.74) is 9.25. The van der Waals surface area contributed by atoms with Gasteiger partial charge >= 0.3 is 6.01 Å². The molecule has 0 atom stereocenters. The SMILES string of the molecule is Cc1ccnc(Oc2ccc(-n3c(-c4ncccc4F)c(C)c4ncnc(N)c43)cc2F)n1. The fourth-order valence-corrected chi connectivity index (χ4v) is 3.67. The topological polar surface area (TPSA) is 105 Å². The van der Waals surface area contributed by atoms with E-state index in [1.165, 1.54) is 43.0 Å². The first-order valence-corrected chi connectivity index (χ1v) is 9.94. The number of nitrogens with zero attached hydrogens (tertiary/aromatic N) is 6. The molecule has 0 spiro atoms. The van der Waals surface area contributed by atoms with E-state index in [0.29, 0.717) is 33.7 Å². The Hall–Kier alpha value is -4.47. The van der Waals surface area contributed by atoms with Gasteiger partial charge in [0.1, 0.15) is 17.5 Å². The third kappa shape index (κ3) is 3.51. The molecule has 10 heteroatoms. The third-order valence-corrected chi connectivity index (χ3v) is 5.14. The molecule has 0 bridgehead atoms. The van der Waals surface area contributed by atoms with Crippen molar-refractivity contribution in [2.75, 3.05) is 5.73 Å². The highest BCUT2D eigenvalue weighted by Crippen LogP contribution is 2.37. The Kier molecular flexibility index (Phi) is 4.89. The van der Waals surface area contributed by atoms with Crippen molar-refractivity contribution in [3.63, 3.8) is 0 Å². The van der Waals surface area contributed by atoms with Gasteiger partial charge in [0.2, 0.25) is 0 Å². The van der Waals surface area contributed by atoms with Crippen molar-refractivity contribution in [2.24, 2.45) is 0 Å². The monoisotopic (exact) mass is 445 g/mol. The summed E-state index contributed by atoms with van der Waals surface area (Å²) in [6, 6.07) is 8.84. The molecule has 0 aliphatic carbocycles. The Morgan fingerprint density at radius 3 is 2.55 bits per heavy atom. The highest BCUT2D eigenvalue weighted by Gasteiger charge is 2.24. The molecule has 0 fully saturated rings. The lowest BCUT2D eigenvalue weighted by atomic mass is 10.1. The summed E-state index contributed by atoms with van der Waals surface area (Å²) >= 11 is 0. The van der Waals surface area contributed by atoms with E-state index in [2.05, 4.69) is 24.9 Å². The fourth-order valence-electron chi connectivity index (χ4n) is 3.67. The number of pyridine rings is 1. The van der Waals surface area contributed by atoms with Crippen LogP contribution in [-0.4, -0.2) is 29.5 Å². The van der Waals surface area contributed by atoms with Gasteiger partial charge in [-0.1, -0.05) is 0 Å². The second-order valence-corrected chi connectivity index (χ2v) is 7.30. The number of ether oxygens (including phenoxy) is 1. The Bertz CT molecular complexity index is 1520. The highest BCUT2D eigenvalue weighted by molar-refractivity contribution is 5.95. The van der Waals surface area contributed by atoms with Crippen molar-refractivity contribution in [2.45, 2.75) is 13.8 Å². The molecule has 164 valence electrons. The van der Waals surface area contributed by atoms with E-state index in [1.54, 1.807) is 30.5 Å². The number of halogens is 2. The highest BCUT2D eigenvalue weighted by atomic mass is 19.1. The van der Waals surface area contributed by atoms with Gasteiger partial charge < -0.3 is 15.0 Å². The minimum atomic E-state index is -0.667. The van der Waals surface area contributed by atoms with Gasteiger partial charge in [-0.3, -0.25) is 4.98 Å². The maximum atomic E-state index is 15.1. The quantitative estimate of drug-likeness (QED) is 0.433. The van der Waals surface area contributed by atoms with Crippen LogP contribution in [0.15, 0.2) is 55.1 Å². The van der Waals surface area contributed by atoms with Crippen LogP contribution < -0.4 is 10.5 Å². The first kappa shape index (κ1) is 20.4. The van der Waals surface area contributed by atoms with Gasteiger partial charge in [-0.2, -0.15) is 0 Å². The minimum absolute atomic E-state index is 0.0257. The van der Waals surface area contributed by atoms with E-state index in [1.807, 2.05) is 0 Å². The number of fused-ring (bicyclic) bond motifs is 1. The lowest BCUT2D eigenvalue weighted by Gasteiger charge is -2.14. The lowest BCUT2D eigenvalue weighted by Crippen LogP contribution is -2.04. The first-order valence-electron chi connectivity index (χ1n) is 9.94. The molecule has 5 rings (SSSR count). The van der Waals surface area contributed by atoms with Crippen LogP contribution in [-0.2, 0) is 0 Å². The van der Waals surface area contributed by atoms with Gasteiger partial charge in [0, 0.05) is 35.4 Å². The van der Waals surface area contributed by atoms with E-state index in [4.69, 9.17) is 10.5 Å². The zero-order valence-corrected chi connectivity index (χ0v) is 17.6. The molecule has 4 aromatic heterocycles. The number of aromatic nitrogens is 6. The Labute approximate surface area is 186 Å². The lowest BCUT2D eigenvalue weighted by molar-refractivity contribution is 0.410. The van der Waals surface area contributed by atoms with Crippen molar-refractivity contribution in [1.29, 1.82) is 0 Å². The van der Waals surface area contributed by atoms with Crippen LogP contribution in [0.4, 0.5) is 14.6 Å². The zero-order chi connectivity index (χ0) is 23.1. The molecule has 2 N–H and O–H groups in total. The summed E-state index contributed by atoms with van der Waals surface area (Å²) in [4.78, 5) is 20.7. The number of hydrogen-bond donors (Lipinski definition) is 1. The van der Waals surface area contributed by atoms with Gasteiger partial charge in [0.15, 0.2) is 23.2 Å². The maximum Gasteiger partial charge on any atom is 0.322 e. The Morgan fingerprint density at radius 1 is 0.939 bits per heavy atom. The van der Waals surface area contributed by atoms with Crippen LogP contribution in [0.3, 0.4) is 0 Å². The summed E-state index contributed by atoms with van der Waals surface area (Å²) in [6.07, 6.45) is 4.33. The van der Waals surface area contributed by atoms with E-state index >= 15 is 4.39 Å². The molecule has 4 heterocycles. The van der Waals surface area contributed by atoms with E-state index in [9.17, 15) is 4.39 Å². The molecule has 0 saturated heterocycles. The smallest absolute Gasteiger partial charge is 0.322 e. The summed E-state index contributed by atoms with van der Waals surface area (Å²) in [5.74, 6) is -1.10. The van der Waals surface area contributed by atoms with Crippen molar-refractivity contribution in [3.8, 4) is 28.8 Å². The van der Waals surface area contributed by atoms with Crippen molar-refractivity contribution >= 4 is 16.9 Å². The van der Waals surface area contributed by atoms with Crippen LogP contribution >= 0.6 is 0 Å². The van der Waals surface area contributed by atoms with Crippen molar-refractivity contribution in [1.82, 2.24) is 29.5 Å². The fraction of sp³-hybridized carbons (Fsp3) is 0.0870. The van der Waals surface area contributed by atoms with Gasteiger partial charge in [0.05, 0.1) is 11.2 Å². The second kappa shape index (κ2) is 7.90. The number of nitrogen functional groups attached to an aromatic ring is 1. The third-order valence-electron chi connectivity index (χ3n) is 5.14. The molecule has 0 aliphatic rings. The number of benzene rings is 1. The number of hydrogen-bond acceptors (Lipinski definition) is 7. The summed E-state index contributed by atoms with van der Waals surface area (Å²) in [5, 5.41) is 0. The molecular formula is C23H17F2N7O. The average molecular weight is 445 g/mol.